The molecule has 0 saturated carbocycles. The molecule has 0 unspecified atom stereocenters. The van der Waals surface area contributed by atoms with E-state index in [-0.39, 0.29) is 5.82 Å². The summed E-state index contributed by atoms with van der Waals surface area (Å²) in [5.41, 5.74) is 4.47. The topological polar surface area (TPSA) is 42.9 Å². The Balaban J connectivity index is 2.08. The lowest BCUT2D eigenvalue weighted by molar-refractivity contribution is 0.284. The Morgan fingerprint density at radius 2 is 1.90 bits per heavy atom. The van der Waals surface area contributed by atoms with Crippen LogP contribution in [0.15, 0.2) is 47.6 Å². The molecule has 5 heteroatoms. The molecule has 0 atom stereocenters. The predicted molar refractivity (Wildman–Crippen MR) is 80.4 cm³/mol. The minimum Gasteiger partial charge on any atom is -0.493 e. The molecule has 0 spiro atoms. The quantitative estimate of drug-likeness (QED) is 0.656. The van der Waals surface area contributed by atoms with Crippen LogP contribution in [0.25, 0.3) is 0 Å². The number of methoxy groups -OCH3 is 1. The monoisotopic (exact) mass is 288 g/mol. The molecule has 2 aromatic carbocycles. The lowest BCUT2D eigenvalue weighted by Gasteiger charge is -2.11. The molecule has 0 fully saturated rings. The van der Waals surface area contributed by atoms with Crippen LogP contribution in [-0.4, -0.2) is 20.4 Å². The highest BCUT2D eigenvalue weighted by molar-refractivity contribution is 5.80. The van der Waals surface area contributed by atoms with Gasteiger partial charge in [-0.1, -0.05) is 12.1 Å². The van der Waals surface area contributed by atoms with Crippen LogP contribution in [0.5, 0.6) is 11.5 Å². The summed E-state index contributed by atoms with van der Waals surface area (Å²) < 4.78 is 23.8. The highest BCUT2D eigenvalue weighted by Gasteiger charge is 2.05. The molecule has 0 saturated heterocycles. The lowest BCUT2D eigenvalue weighted by atomic mass is 10.2. The summed E-state index contributed by atoms with van der Waals surface area (Å²) in [5.74, 6) is 0.991. The van der Waals surface area contributed by atoms with Gasteiger partial charge in [-0.15, -0.1) is 0 Å². The molecular formula is C16H17FN2O2. The number of nitrogens with one attached hydrogen (secondary N) is 1. The predicted octanol–water partition coefficient (Wildman–Crippen LogP) is 2.97. The van der Waals surface area contributed by atoms with Gasteiger partial charge in [-0.2, -0.15) is 5.10 Å². The minimum atomic E-state index is -0.260. The van der Waals surface area contributed by atoms with E-state index in [2.05, 4.69) is 10.5 Å². The van der Waals surface area contributed by atoms with Crippen molar-refractivity contribution in [3.63, 3.8) is 0 Å². The molecule has 110 valence electrons. The number of hydrazone groups is 1. The first-order chi connectivity index (χ1) is 10.2. The average Bonchev–Trinajstić information content (AvgIpc) is 2.52. The van der Waals surface area contributed by atoms with Crippen molar-refractivity contribution < 1.29 is 13.9 Å². The second kappa shape index (κ2) is 7.28. The second-order valence-corrected chi connectivity index (χ2v) is 4.31. The number of halogens is 1. The molecule has 1 N–H and O–H groups in total. The van der Waals surface area contributed by atoms with Crippen molar-refractivity contribution in [1.82, 2.24) is 5.43 Å². The summed E-state index contributed by atoms with van der Waals surface area (Å²) in [6, 6.07) is 11.7. The standard InChI is InChI=1S/C16H17FN2O2/c1-18-19-10-13-5-8-15(16(9-13)20-2)21-11-12-3-6-14(17)7-4-12/h3-10,18H,11H2,1-2H3/b19-10+. The van der Waals surface area contributed by atoms with Crippen LogP contribution in [0, 0.1) is 5.82 Å². The number of ether oxygens (including phenoxy) is 2. The van der Waals surface area contributed by atoms with E-state index in [9.17, 15) is 4.39 Å². The fourth-order valence-corrected chi connectivity index (χ4v) is 1.76. The molecule has 0 amide bonds. The second-order valence-electron chi connectivity index (χ2n) is 4.31. The molecule has 0 aromatic heterocycles. The normalized spacial score (nSPS) is 10.6. The molecule has 21 heavy (non-hydrogen) atoms. The maximum Gasteiger partial charge on any atom is 0.161 e. The van der Waals surface area contributed by atoms with Gasteiger partial charge in [0.05, 0.1) is 13.3 Å². The van der Waals surface area contributed by atoms with Gasteiger partial charge in [-0.05, 0) is 41.5 Å². The van der Waals surface area contributed by atoms with Crippen molar-refractivity contribution in [2.24, 2.45) is 5.10 Å². The number of nitrogens with zero attached hydrogens (tertiary/aromatic N) is 1. The van der Waals surface area contributed by atoms with E-state index >= 15 is 0 Å². The van der Waals surface area contributed by atoms with Crippen molar-refractivity contribution in [3.05, 3.63) is 59.4 Å². The third kappa shape index (κ3) is 4.21. The number of rotatable bonds is 6. The van der Waals surface area contributed by atoms with Crippen LogP contribution in [0.4, 0.5) is 4.39 Å². The zero-order valence-electron chi connectivity index (χ0n) is 12.0. The summed E-state index contributed by atoms with van der Waals surface area (Å²) in [6.45, 7) is 0.348. The SMILES string of the molecule is CN/N=C/c1ccc(OCc2ccc(F)cc2)c(OC)c1. The first-order valence-corrected chi connectivity index (χ1v) is 6.48. The first kappa shape index (κ1) is 14.8. The molecule has 2 aromatic rings. The fraction of sp³-hybridized carbons (Fsp3) is 0.188. The van der Waals surface area contributed by atoms with Crippen LogP contribution in [0.1, 0.15) is 11.1 Å². The Morgan fingerprint density at radius 3 is 2.57 bits per heavy atom. The summed E-state index contributed by atoms with van der Waals surface area (Å²) >= 11 is 0. The molecule has 0 heterocycles. The largest absolute Gasteiger partial charge is 0.493 e. The third-order valence-electron chi connectivity index (χ3n) is 2.84. The zero-order chi connectivity index (χ0) is 15.1. The van der Waals surface area contributed by atoms with Crippen LogP contribution < -0.4 is 14.9 Å². The molecule has 0 bridgehead atoms. The fourth-order valence-electron chi connectivity index (χ4n) is 1.76. The van der Waals surface area contributed by atoms with E-state index in [0.717, 1.165) is 11.1 Å². The molecule has 0 aliphatic carbocycles. The van der Waals surface area contributed by atoms with Crippen molar-refractivity contribution in [2.75, 3.05) is 14.2 Å². The third-order valence-corrected chi connectivity index (χ3v) is 2.84. The van der Waals surface area contributed by atoms with Gasteiger partial charge in [-0.3, -0.25) is 0 Å². The van der Waals surface area contributed by atoms with Gasteiger partial charge in [-0.25, -0.2) is 4.39 Å². The van der Waals surface area contributed by atoms with E-state index in [4.69, 9.17) is 9.47 Å². The van der Waals surface area contributed by atoms with E-state index in [1.807, 2.05) is 18.2 Å². The van der Waals surface area contributed by atoms with Gasteiger partial charge in [0, 0.05) is 7.05 Å². The highest BCUT2D eigenvalue weighted by atomic mass is 19.1. The molecule has 4 nitrogen and oxygen atoms in total. The van der Waals surface area contributed by atoms with Gasteiger partial charge in [0.1, 0.15) is 12.4 Å². The Kier molecular flexibility index (Phi) is 5.15. The van der Waals surface area contributed by atoms with Crippen molar-refractivity contribution in [2.45, 2.75) is 6.61 Å². The number of benzene rings is 2. The van der Waals surface area contributed by atoms with E-state index in [1.165, 1.54) is 12.1 Å². The zero-order valence-corrected chi connectivity index (χ0v) is 12.0. The number of hydrogen-bond acceptors (Lipinski definition) is 4. The van der Waals surface area contributed by atoms with Crippen LogP contribution >= 0.6 is 0 Å². The summed E-state index contributed by atoms with van der Waals surface area (Å²) in [7, 11) is 3.31. The summed E-state index contributed by atoms with van der Waals surface area (Å²) in [6.07, 6.45) is 1.69. The highest BCUT2D eigenvalue weighted by Crippen LogP contribution is 2.28. The summed E-state index contributed by atoms with van der Waals surface area (Å²) in [4.78, 5) is 0. The van der Waals surface area contributed by atoms with Gasteiger partial charge in [0.25, 0.3) is 0 Å². The van der Waals surface area contributed by atoms with Gasteiger partial charge in [0.15, 0.2) is 11.5 Å². The van der Waals surface area contributed by atoms with Gasteiger partial charge in [0.2, 0.25) is 0 Å². The van der Waals surface area contributed by atoms with Crippen molar-refractivity contribution in [1.29, 1.82) is 0 Å². The minimum absolute atomic E-state index is 0.260. The van der Waals surface area contributed by atoms with E-state index < -0.39 is 0 Å². The molecule has 2 rings (SSSR count). The molecule has 0 aliphatic rings. The van der Waals surface area contributed by atoms with Crippen LogP contribution in [-0.2, 0) is 6.61 Å². The van der Waals surface area contributed by atoms with E-state index in [0.29, 0.717) is 18.1 Å². The molecular weight excluding hydrogens is 271 g/mol. The Morgan fingerprint density at radius 1 is 1.14 bits per heavy atom. The molecule has 0 aliphatic heterocycles. The van der Waals surface area contributed by atoms with Crippen molar-refractivity contribution in [3.8, 4) is 11.5 Å². The maximum absolute atomic E-state index is 12.8. The average molecular weight is 288 g/mol. The lowest BCUT2D eigenvalue weighted by Crippen LogP contribution is -1.99. The van der Waals surface area contributed by atoms with Gasteiger partial charge < -0.3 is 14.9 Å². The Hall–Kier alpha value is -2.56. The summed E-state index contributed by atoms with van der Waals surface area (Å²) in [5, 5.41) is 3.94. The van der Waals surface area contributed by atoms with Gasteiger partial charge >= 0.3 is 0 Å². The first-order valence-electron chi connectivity index (χ1n) is 6.48. The van der Waals surface area contributed by atoms with Crippen LogP contribution in [0.2, 0.25) is 0 Å². The molecule has 0 radical (unpaired) electrons. The maximum atomic E-state index is 12.8. The smallest absolute Gasteiger partial charge is 0.161 e. The Labute approximate surface area is 123 Å². The van der Waals surface area contributed by atoms with E-state index in [1.54, 1.807) is 32.5 Å². The Bertz CT molecular complexity index is 612. The number of hydrogen-bond donors (Lipinski definition) is 1. The van der Waals surface area contributed by atoms with Crippen molar-refractivity contribution >= 4 is 6.21 Å². The van der Waals surface area contributed by atoms with Crippen LogP contribution in [0.3, 0.4) is 0 Å².